The molecule has 0 unspecified atom stereocenters. The minimum atomic E-state index is -0.521. The highest BCUT2D eigenvalue weighted by molar-refractivity contribution is 7.78. The van der Waals surface area contributed by atoms with Crippen LogP contribution in [-0.4, -0.2) is 16.1 Å². The Labute approximate surface area is 80.7 Å². The molecule has 0 saturated carbocycles. The van der Waals surface area contributed by atoms with Gasteiger partial charge in [0.05, 0.1) is 10.9 Å². The zero-order chi connectivity index (χ0) is 9.84. The number of aliphatic imine (C=N–C) groups is 1. The maximum Gasteiger partial charge on any atom is 0.323 e. The van der Waals surface area contributed by atoms with Gasteiger partial charge in [0, 0.05) is 6.92 Å². The summed E-state index contributed by atoms with van der Waals surface area (Å²) in [5.41, 5.74) is 0.608. The number of hydrogen-bond acceptors (Lipinski definition) is 4. The van der Waals surface area contributed by atoms with Gasteiger partial charge < -0.3 is 4.42 Å². The summed E-state index contributed by atoms with van der Waals surface area (Å²) in [5, 5.41) is 2.00. The van der Waals surface area contributed by atoms with Gasteiger partial charge >= 0.3 is 5.91 Å². The SMILES string of the molecule is CCc1nc(C)oc1C(=O)N=C=S. The van der Waals surface area contributed by atoms with Crippen LogP contribution in [-0.2, 0) is 6.42 Å². The number of carbonyl (C=O) groups is 1. The van der Waals surface area contributed by atoms with Crippen molar-refractivity contribution in [1.82, 2.24) is 4.98 Å². The van der Waals surface area contributed by atoms with Crippen molar-refractivity contribution < 1.29 is 9.21 Å². The maximum absolute atomic E-state index is 11.2. The van der Waals surface area contributed by atoms with Gasteiger partial charge in [-0.25, -0.2) is 4.98 Å². The molecule has 0 N–H and O–H groups in total. The van der Waals surface area contributed by atoms with E-state index in [4.69, 9.17) is 4.42 Å². The molecule has 1 heterocycles. The van der Waals surface area contributed by atoms with E-state index >= 15 is 0 Å². The number of oxazole rings is 1. The summed E-state index contributed by atoms with van der Waals surface area (Å²) in [6.45, 7) is 3.56. The molecular weight excluding hydrogens is 188 g/mol. The fourth-order valence-corrected chi connectivity index (χ4v) is 1.05. The van der Waals surface area contributed by atoms with Crippen LogP contribution >= 0.6 is 12.2 Å². The lowest BCUT2D eigenvalue weighted by atomic mass is 10.3. The quantitative estimate of drug-likeness (QED) is 0.534. The standard InChI is InChI=1S/C8H8N2O2S/c1-3-6-7(8(11)9-4-13)12-5(2)10-6/h3H2,1-2H3. The van der Waals surface area contributed by atoms with Crippen molar-refractivity contribution in [3.63, 3.8) is 0 Å². The Kier molecular flexibility index (Phi) is 3.06. The normalized spacial score (nSPS) is 9.38. The summed E-state index contributed by atoms with van der Waals surface area (Å²) in [6, 6.07) is 0. The number of aromatic nitrogens is 1. The predicted molar refractivity (Wildman–Crippen MR) is 50.0 cm³/mol. The van der Waals surface area contributed by atoms with Crippen molar-refractivity contribution in [1.29, 1.82) is 0 Å². The number of carbonyl (C=O) groups excluding carboxylic acids is 1. The van der Waals surface area contributed by atoms with Crippen LogP contribution in [0.3, 0.4) is 0 Å². The van der Waals surface area contributed by atoms with Gasteiger partial charge in [0.15, 0.2) is 5.89 Å². The molecule has 1 aromatic rings. The van der Waals surface area contributed by atoms with Crippen LogP contribution in [0.5, 0.6) is 0 Å². The molecule has 13 heavy (non-hydrogen) atoms. The topological polar surface area (TPSA) is 55.5 Å². The third-order valence-corrected chi connectivity index (χ3v) is 1.57. The first kappa shape index (κ1) is 9.77. The zero-order valence-corrected chi connectivity index (χ0v) is 8.14. The number of aryl methyl sites for hydroxylation is 2. The van der Waals surface area contributed by atoms with Crippen LogP contribution in [0.15, 0.2) is 9.41 Å². The number of nitrogens with zero attached hydrogens (tertiary/aromatic N) is 2. The van der Waals surface area contributed by atoms with E-state index in [1.54, 1.807) is 6.92 Å². The number of isothiocyanates is 1. The van der Waals surface area contributed by atoms with Gasteiger partial charge in [-0.2, -0.15) is 0 Å². The van der Waals surface area contributed by atoms with E-state index in [1.807, 2.05) is 12.1 Å². The van der Waals surface area contributed by atoms with Crippen LogP contribution in [0.25, 0.3) is 0 Å². The Balaban J connectivity index is 3.12. The third kappa shape index (κ3) is 2.08. The summed E-state index contributed by atoms with van der Waals surface area (Å²) >= 11 is 4.31. The van der Waals surface area contributed by atoms with E-state index < -0.39 is 5.91 Å². The van der Waals surface area contributed by atoms with Crippen molar-refractivity contribution >= 4 is 23.3 Å². The van der Waals surface area contributed by atoms with Crippen molar-refractivity contribution in [2.24, 2.45) is 4.99 Å². The van der Waals surface area contributed by atoms with Crippen molar-refractivity contribution in [2.45, 2.75) is 20.3 Å². The fourth-order valence-electron chi connectivity index (χ4n) is 0.969. The summed E-state index contributed by atoms with van der Waals surface area (Å²) in [4.78, 5) is 18.5. The summed E-state index contributed by atoms with van der Waals surface area (Å²) in [7, 11) is 0. The molecule has 1 rings (SSSR count). The van der Waals surface area contributed by atoms with Gasteiger partial charge in [0.2, 0.25) is 5.76 Å². The Hall–Kier alpha value is -1.32. The maximum atomic E-state index is 11.2. The van der Waals surface area contributed by atoms with Crippen molar-refractivity contribution in [3.8, 4) is 0 Å². The van der Waals surface area contributed by atoms with Gasteiger partial charge in [0.1, 0.15) is 0 Å². The van der Waals surface area contributed by atoms with Gasteiger partial charge in [-0.15, -0.1) is 4.99 Å². The first-order chi connectivity index (χ1) is 6.19. The Morgan fingerprint density at radius 2 is 2.46 bits per heavy atom. The smallest absolute Gasteiger partial charge is 0.323 e. The molecular formula is C8H8N2O2S. The van der Waals surface area contributed by atoms with Gasteiger partial charge in [0.25, 0.3) is 0 Å². The first-order valence-electron chi connectivity index (χ1n) is 3.77. The molecule has 0 spiro atoms. The van der Waals surface area contributed by atoms with Crippen molar-refractivity contribution in [2.75, 3.05) is 0 Å². The highest BCUT2D eigenvalue weighted by Gasteiger charge is 2.16. The summed E-state index contributed by atoms with van der Waals surface area (Å²) in [5.74, 6) is 0.101. The lowest BCUT2D eigenvalue weighted by Gasteiger charge is -1.88. The Bertz CT molecular complexity index is 377. The van der Waals surface area contributed by atoms with E-state index in [0.29, 0.717) is 18.0 Å². The lowest BCUT2D eigenvalue weighted by molar-refractivity contribution is 0.0975. The number of thiocarbonyl (C=S) groups is 1. The van der Waals surface area contributed by atoms with Crippen LogP contribution in [0.1, 0.15) is 29.1 Å². The minimum absolute atomic E-state index is 0.164. The molecule has 0 radical (unpaired) electrons. The molecule has 0 atom stereocenters. The van der Waals surface area contributed by atoms with Crippen LogP contribution in [0, 0.1) is 6.92 Å². The molecule has 0 aliphatic rings. The molecule has 0 bridgehead atoms. The molecule has 0 aromatic carbocycles. The Morgan fingerprint density at radius 3 is 3.00 bits per heavy atom. The second-order valence-electron chi connectivity index (χ2n) is 2.37. The predicted octanol–water partition coefficient (Wildman–Crippen LogP) is 1.79. The average molecular weight is 196 g/mol. The monoisotopic (exact) mass is 196 g/mol. The molecule has 1 aromatic heterocycles. The van der Waals surface area contributed by atoms with Crippen LogP contribution < -0.4 is 0 Å². The van der Waals surface area contributed by atoms with E-state index in [2.05, 4.69) is 22.2 Å². The first-order valence-corrected chi connectivity index (χ1v) is 4.18. The summed E-state index contributed by atoms with van der Waals surface area (Å²) < 4.78 is 5.08. The fraction of sp³-hybridized carbons (Fsp3) is 0.375. The molecule has 0 aliphatic heterocycles. The van der Waals surface area contributed by atoms with E-state index in [-0.39, 0.29) is 5.76 Å². The highest BCUT2D eigenvalue weighted by Crippen LogP contribution is 2.12. The van der Waals surface area contributed by atoms with Crippen molar-refractivity contribution in [3.05, 3.63) is 17.3 Å². The van der Waals surface area contributed by atoms with Crippen LogP contribution in [0.4, 0.5) is 0 Å². The number of amides is 1. The largest absolute Gasteiger partial charge is 0.435 e. The van der Waals surface area contributed by atoms with Crippen LogP contribution in [0.2, 0.25) is 0 Å². The van der Waals surface area contributed by atoms with E-state index in [0.717, 1.165) is 0 Å². The molecule has 68 valence electrons. The molecule has 0 aliphatic carbocycles. The second kappa shape index (κ2) is 4.07. The number of rotatable bonds is 2. The van der Waals surface area contributed by atoms with Gasteiger partial charge in [-0.05, 0) is 18.6 Å². The Morgan fingerprint density at radius 1 is 1.77 bits per heavy atom. The molecule has 1 amide bonds. The van der Waals surface area contributed by atoms with E-state index in [1.165, 1.54) is 0 Å². The van der Waals surface area contributed by atoms with Gasteiger partial charge in [-0.1, -0.05) is 6.92 Å². The second-order valence-corrected chi connectivity index (χ2v) is 2.55. The number of hydrogen-bond donors (Lipinski definition) is 0. The molecule has 0 saturated heterocycles. The minimum Gasteiger partial charge on any atom is -0.435 e. The highest BCUT2D eigenvalue weighted by atomic mass is 32.1. The molecule has 0 fully saturated rings. The molecule has 5 heteroatoms. The molecule has 4 nitrogen and oxygen atoms in total. The summed E-state index contributed by atoms with van der Waals surface area (Å²) in [6.07, 6.45) is 0.630. The van der Waals surface area contributed by atoms with Gasteiger partial charge in [-0.3, -0.25) is 4.79 Å². The lowest BCUT2D eigenvalue weighted by Crippen LogP contribution is -1.96. The average Bonchev–Trinajstić information content (AvgIpc) is 2.47. The van der Waals surface area contributed by atoms with E-state index in [9.17, 15) is 4.79 Å². The third-order valence-electron chi connectivity index (χ3n) is 1.48. The zero-order valence-electron chi connectivity index (χ0n) is 7.33.